The highest BCUT2D eigenvalue weighted by atomic mass is 16.7. The van der Waals surface area contributed by atoms with Crippen LogP contribution in [0.2, 0.25) is 0 Å². The Morgan fingerprint density at radius 3 is 2.04 bits per heavy atom. The fourth-order valence-electron chi connectivity index (χ4n) is 12.2. The van der Waals surface area contributed by atoms with Gasteiger partial charge in [0.15, 0.2) is 5.79 Å². The van der Waals surface area contributed by atoms with Crippen molar-refractivity contribution in [2.75, 3.05) is 0 Å². The smallest absolute Gasteiger partial charge is 0.338 e. The summed E-state index contributed by atoms with van der Waals surface area (Å²) in [4.78, 5) is 26.8. The van der Waals surface area contributed by atoms with Gasteiger partial charge < -0.3 is 18.9 Å². The van der Waals surface area contributed by atoms with Crippen molar-refractivity contribution in [3.05, 3.63) is 71.8 Å². The van der Waals surface area contributed by atoms with Crippen LogP contribution in [0.15, 0.2) is 60.7 Å². The molecule has 0 radical (unpaired) electrons. The second kappa shape index (κ2) is 11.2. The van der Waals surface area contributed by atoms with E-state index in [1.807, 2.05) is 60.7 Å². The Kier molecular flexibility index (Phi) is 7.50. The molecule has 0 amide bonds. The van der Waals surface area contributed by atoms with Crippen molar-refractivity contribution in [2.45, 2.75) is 122 Å². The third-order valence-electron chi connectivity index (χ3n) is 14.3. The van der Waals surface area contributed by atoms with Gasteiger partial charge in [-0.25, -0.2) is 9.59 Å². The van der Waals surface area contributed by atoms with E-state index in [1.165, 1.54) is 0 Å². The molecule has 0 N–H and O–H groups in total. The van der Waals surface area contributed by atoms with E-state index in [1.54, 1.807) is 0 Å². The zero-order valence-electron chi connectivity index (χ0n) is 28.8. The molecule has 0 unspecified atom stereocenters. The van der Waals surface area contributed by atoms with Gasteiger partial charge in [-0.05, 0) is 124 Å². The molecule has 12 atom stereocenters. The van der Waals surface area contributed by atoms with Gasteiger partial charge in [-0.2, -0.15) is 0 Å². The summed E-state index contributed by atoms with van der Waals surface area (Å²) >= 11 is 0. The molecular weight excluding hydrogens is 588 g/mol. The summed E-state index contributed by atoms with van der Waals surface area (Å²) in [6, 6.07) is 18.8. The van der Waals surface area contributed by atoms with E-state index >= 15 is 0 Å². The van der Waals surface area contributed by atoms with E-state index in [0.29, 0.717) is 34.8 Å². The first-order chi connectivity index (χ1) is 22.4. The lowest BCUT2D eigenvalue weighted by molar-refractivity contribution is -0.256. The summed E-state index contributed by atoms with van der Waals surface area (Å²) in [5.74, 6) is 1.39. The molecule has 252 valence electrons. The van der Waals surface area contributed by atoms with Gasteiger partial charge in [0.2, 0.25) is 0 Å². The average molecular weight is 641 g/mol. The van der Waals surface area contributed by atoms with Crippen LogP contribution >= 0.6 is 0 Å². The van der Waals surface area contributed by atoms with Crippen LogP contribution in [0.4, 0.5) is 0 Å². The predicted molar refractivity (Wildman–Crippen MR) is 178 cm³/mol. The number of hydrogen-bond acceptors (Lipinski definition) is 6. The van der Waals surface area contributed by atoms with Gasteiger partial charge >= 0.3 is 11.9 Å². The topological polar surface area (TPSA) is 71.1 Å². The maximum Gasteiger partial charge on any atom is 0.338 e. The van der Waals surface area contributed by atoms with Gasteiger partial charge in [-0.3, -0.25) is 0 Å². The summed E-state index contributed by atoms with van der Waals surface area (Å²) in [5.41, 5.74) is 1.07. The van der Waals surface area contributed by atoms with Crippen molar-refractivity contribution in [2.24, 2.45) is 46.3 Å². The molecule has 6 heteroatoms. The molecule has 1 spiro atoms. The van der Waals surface area contributed by atoms with Gasteiger partial charge in [0.1, 0.15) is 12.2 Å². The van der Waals surface area contributed by atoms with Crippen molar-refractivity contribution in [3.8, 4) is 0 Å². The standard InChI is InChI=1S/C41H52O6/c1-25-34-32(46-41(25)21-20-38(2,3)47-41)23-31-30-17-16-28-22-29(44-36(42)26-12-8-6-9-13-26)18-19-39(28,4)35(30)33(24-40(31,34)5)45-37(43)27-14-10-7-11-15-27/h6-15,25,28-35H,16-24H2,1-5H3/t25-,28-,29+,30-,31-,32-,33-,34-,35+,39-,40-,41+/m0/s1. The van der Waals surface area contributed by atoms with Crippen molar-refractivity contribution < 1.29 is 28.5 Å². The Morgan fingerprint density at radius 2 is 1.40 bits per heavy atom. The van der Waals surface area contributed by atoms with E-state index in [4.69, 9.17) is 18.9 Å². The van der Waals surface area contributed by atoms with E-state index in [9.17, 15) is 9.59 Å². The van der Waals surface area contributed by atoms with Crippen molar-refractivity contribution in [3.63, 3.8) is 0 Å². The van der Waals surface area contributed by atoms with Crippen LogP contribution in [0.1, 0.15) is 113 Å². The highest BCUT2D eigenvalue weighted by Gasteiger charge is 2.72. The van der Waals surface area contributed by atoms with Gasteiger partial charge in [0.25, 0.3) is 0 Å². The Labute approximate surface area is 280 Å². The van der Waals surface area contributed by atoms with Crippen LogP contribution in [0, 0.1) is 46.3 Å². The Bertz CT molecular complexity index is 1510. The maximum atomic E-state index is 13.8. The van der Waals surface area contributed by atoms with Crippen LogP contribution in [-0.4, -0.2) is 41.6 Å². The first-order valence-electron chi connectivity index (χ1n) is 18.3. The van der Waals surface area contributed by atoms with E-state index in [2.05, 4.69) is 34.6 Å². The van der Waals surface area contributed by atoms with Crippen LogP contribution < -0.4 is 0 Å². The number of carbonyl (C=O) groups is 2. The molecule has 47 heavy (non-hydrogen) atoms. The molecule has 2 saturated heterocycles. The molecule has 6 nitrogen and oxygen atoms in total. The van der Waals surface area contributed by atoms with Gasteiger partial charge in [0, 0.05) is 18.3 Å². The monoisotopic (exact) mass is 640 g/mol. The zero-order valence-corrected chi connectivity index (χ0v) is 28.8. The van der Waals surface area contributed by atoms with Crippen LogP contribution in [0.25, 0.3) is 0 Å². The van der Waals surface area contributed by atoms with E-state index in [-0.39, 0.29) is 58.5 Å². The predicted octanol–water partition coefficient (Wildman–Crippen LogP) is 8.64. The lowest BCUT2D eigenvalue weighted by Crippen LogP contribution is -2.60. The van der Waals surface area contributed by atoms with E-state index in [0.717, 1.165) is 57.8 Å². The molecule has 0 bridgehead atoms. The second-order valence-electron chi connectivity index (χ2n) is 17.1. The summed E-state index contributed by atoms with van der Waals surface area (Å²) < 4.78 is 26.6. The highest BCUT2D eigenvalue weighted by molar-refractivity contribution is 5.90. The molecule has 6 fully saturated rings. The van der Waals surface area contributed by atoms with Crippen LogP contribution in [0.5, 0.6) is 0 Å². The lowest BCUT2D eigenvalue weighted by atomic mass is 9.43. The number of benzene rings is 2. The minimum absolute atomic E-state index is 0.00189. The molecule has 0 aromatic heterocycles. The number of ether oxygens (including phenoxy) is 4. The Morgan fingerprint density at radius 1 is 0.745 bits per heavy atom. The second-order valence-corrected chi connectivity index (χ2v) is 17.1. The number of esters is 2. The summed E-state index contributed by atoms with van der Waals surface area (Å²) in [7, 11) is 0. The number of fused-ring (bicyclic) bond motifs is 7. The maximum absolute atomic E-state index is 13.8. The first kappa shape index (κ1) is 31.6. The normalized spacial score (nSPS) is 44.6. The van der Waals surface area contributed by atoms with Crippen LogP contribution in [-0.2, 0) is 18.9 Å². The average Bonchev–Trinajstić information content (AvgIpc) is 3.63. The molecular formula is C41H52O6. The van der Waals surface area contributed by atoms with E-state index < -0.39 is 5.79 Å². The molecule has 6 aliphatic rings. The van der Waals surface area contributed by atoms with Crippen molar-refractivity contribution in [1.29, 1.82) is 0 Å². The third-order valence-corrected chi connectivity index (χ3v) is 14.3. The number of carbonyl (C=O) groups excluding carboxylic acids is 2. The Hall–Kier alpha value is -2.70. The van der Waals surface area contributed by atoms with Gasteiger partial charge in [-0.15, -0.1) is 0 Å². The number of rotatable bonds is 4. The Balaban J connectivity index is 1.08. The SMILES string of the molecule is C[C@H]1[C@H]2[C@H](C[C@H]3[C@@H]4CC[C@H]5C[C@H](OC(=O)c6ccccc6)CC[C@]5(C)[C@H]4[C@@H](OC(=O)c4ccccc4)C[C@]23C)O[C@@]12CCC(C)(C)O2. The minimum atomic E-state index is -0.501. The molecule has 2 aromatic rings. The summed E-state index contributed by atoms with van der Waals surface area (Å²) in [6.07, 6.45) is 8.74. The fourth-order valence-corrected chi connectivity index (χ4v) is 12.2. The molecule has 4 aliphatic carbocycles. The molecule has 2 aliphatic heterocycles. The molecule has 8 rings (SSSR count). The molecule has 4 saturated carbocycles. The first-order valence-corrected chi connectivity index (χ1v) is 18.3. The lowest BCUT2D eigenvalue weighted by Gasteiger charge is -2.63. The molecule has 2 heterocycles. The van der Waals surface area contributed by atoms with Gasteiger partial charge in [0.05, 0.1) is 22.8 Å². The zero-order chi connectivity index (χ0) is 32.8. The highest BCUT2D eigenvalue weighted by Crippen LogP contribution is 2.72. The fraction of sp³-hybridized carbons (Fsp3) is 0.659. The quantitative estimate of drug-likeness (QED) is 0.312. The summed E-state index contributed by atoms with van der Waals surface area (Å²) in [5, 5.41) is 0. The van der Waals surface area contributed by atoms with Crippen molar-refractivity contribution in [1.82, 2.24) is 0 Å². The molecule has 2 aromatic carbocycles. The van der Waals surface area contributed by atoms with Crippen LogP contribution in [0.3, 0.4) is 0 Å². The third kappa shape index (κ3) is 5.02. The van der Waals surface area contributed by atoms with Crippen molar-refractivity contribution >= 4 is 11.9 Å². The largest absolute Gasteiger partial charge is 0.459 e. The van der Waals surface area contributed by atoms with Gasteiger partial charge in [-0.1, -0.05) is 57.2 Å². The summed E-state index contributed by atoms with van der Waals surface area (Å²) in [6.45, 7) is 11.7. The minimum Gasteiger partial charge on any atom is -0.459 e. The number of hydrogen-bond donors (Lipinski definition) is 0.